The summed E-state index contributed by atoms with van der Waals surface area (Å²) in [6, 6.07) is 0. The summed E-state index contributed by atoms with van der Waals surface area (Å²) < 4.78 is 0. The van der Waals surface area contributed by atoms with Gasteiger partial charge in [0.15, 0.2) is 0 Å². The molecule has 2 aliphatic rings. The molecule has 0 bridgehead atoms. The predicted octanol–water partition coefficient (Wildman–Crippen LogP) is 2.93. The Balaban J connectivity index is 1.75. The maximum atomic E-state index is 13.3. The van der Waals surface area contributed by atoms with Crippen molar-refractivity contribution in [1.82, 2.24) is 15.2 Å². The molecule has 0 aromatic carbocycles. The van der Waals surface area contributed by atoms with Gasteiger partial charge in [0.25, 0.3) is 0 Å². The van der Waals surface area contributed by atoms with Crippen molar-refractivity contribution in [3.63, 3.8) is 0 Å². The van der Waals surface area contributed by atoms with Crippen LogP contribution in [-0.2, 0) is 9.59 Å². The molecule has 1 aromatic rings. The van der Waals surface area contributed by atoms with Gasteiger partial charge in [0, 0.05) is 37.5 Å². The van der Waals surface area contributed by atoms with E-state index in [1.165, 1.54) is 6.92 Å². The van der Waals surface area contributed by atoms with Crippen LogP contribution in [0, 0.1) is 5.92 Å². The molecule has 2 heterocycles. The minimum Gasteiger partial charge on any atom is -0.342 e. The van der Waals surface area contributed by atoms with Gasteiger partial charge in [-0.05, 0) is 44.4 Å². The van der Waals surface area contributed by atoms with Crippen LogP contribution in [0.5, 0.6) is 0 Å². The number of amides is 2. The number of carbonyl (C=O) groups excluding carboxylic acids is 2. The van der Waals surface area contributed by atoms with Crippen LogP contribution in [0.3, 0.4) is 0 Å². The van der Waals surface area contributed by atoms with Crippen LogP contribution in [0.25, 0.3) is 0 Å². The third-order valence-corrected chi connectivity index (χ3v) is 6.40. The highest BCUT2D eigenvalue weighted by Gasteiger charge is 2.45. The van der Waals surface area contributed by atoms with Gasteiger partial charge in [-0.15, -0.1) is 11.3 Å². The monoisotopic (exact) mass is 349 g/mol. The Bertz CT molecular complexity index is 579. The van der Waals surface area contributed by atoms with E-state index in [1.54, 1.807) is 11.3 Å². The molecule has 0 radical (unpaired) electrons. The van der Waals surface area contributed by atoms with Crippen LogP contribution < -0.4 is 5.32 Å². The molecule has 1 aromatic heterocycles. The summed E-state index contributed by atoms with van der Waals surface area (Å²) in [6.07, 6.45) is 7.42. The van der Waals surface area contributed by atoms with Crippen molar-refractivity contribution in [2.45, 2.75) is 63.8 Å². The quantitative estimate of drug-likeness (QED) is 0.912. The molecule has 24 heavy (non-hydrogen) atoms. The van der Waals surface area contributed by atoms with Gasteiger partial charge < -0.3 is 10.2 Å². The number of aromatic nitrogens is 1. The van der Waals surface area contributed by atoms with Crippen molar-refractivity contribution in [2.24, 2.45) is 5.92 Å². The van der Waals surface area contributed by atoms with Gasteiger partial charge in [0.1, 0.15) is 5.54 Å². The Kier molecular flexibility index (Phi) is 5.23. The molecule has 2 fully saturated rings. The number of piperidine rings is 1. The first kappa shape index (κ1) is 17.4. The summed E-state index contributed by atoms with van der Waals surface area (Å²) in [4.78, 5) is 31.5. The molecule has 1 aliphatic heterocycles. The molecule has 5 nitrogen and oxygen atoms in total. The fraction of sp³-hybridized carbons (Fsp3) is 0.722. The SMILES string of the molecule is CC(=O)NC1(C(=O)N2CCC[C@H](c3nccs3)C2)CCC(C)CC1. The number of hydrogen-bond acceptors (Lipinski definition) is 4. The van der Waals surface area contributed by atoms with Crippen LogP contribution in [0.1, 0.15) is 63.3 Å². The van der Waals surface area contributed by atoms with Crippen LogP contribution >= 0.6 is 11.3 Å². The molecule has 1 atom stereocenters. The Morgan fingerprint density at radius 1 is 1.33 bits per heavy atom. The molecular formula is C18H27N3O2S. The Hall–Kier alpha value is -1.43. The summed E-state index contributed by atoms with van der Waals surface area (Å²) in [5.41, 5.74) is -0.691. The largest absolute Gasteiger partial charge is 0.342 e. The zero-order chi connectivity index (χ0) is 17.2. The van der Waals surface area contributed by atoms with E-state index in [2.05, 4.69) is 17.2 Å². The lowest BCUT2D eigenvalue weighted by atomic mass is 9.75. The highest BCUT2D eigenvalue weighted by atomic mass is 32.1. The smallest absolute Gasteiger partial charge is 0.248 e. The Morgan fingerprint density at radius 2 is 2.08 bits per heavy atom. The van der Waals surface area contributed by atoms with E-state index in [4.69, 9.17) is 0 Å². The summed E-state index contributed by atoms with van der Waals surface area (Å²) in [6.45, 7) is 5.25. The topological polar surface area (TPSA) is 62.3 Å². The maximum Gasteiger partial charge on any atom is 0.248 e. The van der Waals surface area contributed by atoms with Gasteiger partial charge in [-0.25, -0.2) is 4.98 Å². The molecule has 2 amide bonds. The zero-order valence-corrected chi connectivity index (χ0v) is 15.4. The van der Waals surface area contributed by atoms with E-state index < -0.39 is 5.54 Å². The lowest BCUT2D eigenvalue weighted by Crippen LogP contribution is -2.61. The van der Waals surface area contributed by atoms with E-state index in [0.29, 0.717) is 11.8 Å². The molecule has 0 spiro atoms. The molecule has 3 rings (SSSR count). The number of thiazole rings is 1. The fourth-order valence-electron chi connectivity index (χ4n) is 4.09. The van der Waals surface area contributed by atoms with Crippen molar-refractivity contribution >= 4 is 23.2 Å². The normalized spacial score (nSPS) is 30.8. The average Bonchev–Trinajstić information content (AvgIpc) is 3.11. The molecule has 1 saturated carbocycles. The summed E-state index contributed by atoms with van der Waals surface area (Å²) >= 11 is 1.67. The maximum absolute atomic E-state index is 13.3. The number of likely N-dealkylation sites (tertiary alicyclic amines) is 1. The van der Waals surface area contributed by atoms with Crippen LogP contribution in [-0.4, -0.2) is 40.3 Å². The molecule has 1 saturated heterocycles. The van der Waals surface area contributed by atoms with Crippen LogP contribution in [0.2, 0.25) is 0 Å². The van der Waals surface area contributed by atoms with Crippen molar-refractivity contribution in [2.75, 3.05) is 13.1 Å². The molecular weight excluding hydrogens is 322 g/mol. The minimum atomic E-state index is -0.691. The highest BCUT2D eigenvalue weighted by molar-refractivity contribution is 7.09. The van der Waals surface area contributed by atoms with Gasteiger partial charge in [-0.3, -0.25) is 9.59 Å². The van der Waals surface area contributed by atoms with Crippen molar-refractivity contribution in [1.29, 1.82) is 0 Å². The lowest BCUT2D eigenvalue weighted by Gasteiger charge is -2.43. The zero-order valence-electron chi connectivity index (χ0n) is 14.6. The van der Waals surface area contributed by atoms with E-state index >= 15 is 0 Å². The van der Waals surface area contributed by atoms with Gasteiger partial charge in [-0.2, -0.15) is 0 Å². The summed E-state index contributed by atoms with van der Waals surface area (Å²) in [5.74, 6) is 0.973. The first-order chi connectivity index (χ1) is 11.5. The van der Waals surface area contributed by atoms with Gasteiger partial charge in [0.2, 0.25) is 11.8 Å². The molecule has 1 N–H and O–H groups in total. The highest BCUT2D eigenvalue weighted by Crippen LogP contribution is 2.36. The number of carbonyl (C=O) groups is 2. The second kappa shape index (κ2) is 7.21. The van der Waals surface area contributed by atoms with Gasteiger partial charge in [0.05, 0.1) is 5.01 Å². The lowest BCUT2D eigenvalue weighted by molar-refractivity contribution is -0.144. The molecule has 132 valence electrons. The Labute approximate surface area is 147 Å². The predicted molar refractivity (Wildman–Crippen MR) is 94.8 cm³/mol. The van der Waals surface area contributed by atoms with E-state index in [-0.39, 0.29) is 11.8 Å². The van der Waals surface area contributed by atoms with E-state index in [0.717, 1.165) is 56.6 Å². The molecule has 1 aliphatic carbocycles. The number of hydrogen-bond donors (Lipinski definition) is 1. The standard InChI is InChI=1S/C18H27N3O2S/c1-13-5-7-18(8-6-13,20-14(2)22)17(23)21-10-3-4-15(12-21)16-19-9-11-24-16/h9,11,13,15H,3-8,10,12H2,1-2H3,(H,20,22)/t13?,15-,18?/m0/s1. The molecule has 6 heteroatoms. The fourth-order valence-corrected chi connectivity index (χ4v) is 4.85. The average molecular weight is 350 g/mol. The van der Waals surface area contributed by atoms with E-state index in [1.807, 2.05) is 16.5 Å². The Morgan fingerprint density at radius 3 is 2.71 bits per heavy atom. The minimum absolute atomic E-state index is 0.105. The van der Waals surface area contributed by atoms with Crippen molar-refractivity contribution < 1.29 is 9.59 Å². The summed E-state index contributed by atoms with van der Waals surface area (Å²) in [7, 11) is 0. The second-order valence-corrected chi connectivity index (χ2v) is 8.33. The number of nitrogens with one attached hydrogen (secondary N) is 1. The number of nitrogens with zero attached hydrogens (tertiary/aromatic N) is 2. The summed E-state index contributed by atoms with van der Waals surface area (Å²) in [5, 5.41) is 6.14. The van der Waals surface area contributed by atoms with Crippen molar-refractivity contribution in [3.05, 3.63) is 16.6 Å². The number of rotatable bonds is 3. The first-order valence-electron chi connectivity index (χ1n) is 8.98. The third-order valence-electron chi connectivity index (χ3n) is 5.46. The van der Waals surface area contributed by atoms with Crippen molar-refractivity contribution in [3.8, 4) is 0 Å². The van der Waals surface area contributed by atoms with Gasteiger partial charge in [-0.1, -0.05) is 6.92 Å². The van der Waals surface area contributed by atoms with Gasteiger partial charge >= 0.3 is 0 Å². The van der Waals surface area contributed by atoms with Crippen LogP contribution in [0.15, 0.2) is 11.6 Å². The first-order valence-corrected chi connectivity index (χ1v) is 9.86. The second-order valence-electron chi connectivity index (χ2n) is 7.41. The third kappa shape index (κ3) is 3.63. The van der Waals surface area contributed by atoms with E-state index in [9.17, 15) is 9.59 Å². The van der Waals surface area contributed by atoms with Crippen LogP contribution in [0.4, 0.5) is 0 Å². The molecule has 0 unspecified atom stereocenters.